The van der Waals surface area contributed by atoms with Crippen molar-refractivity contribution in [3.05, 3.63) is 29.3 Å². The van der Waals surface area contributed by atoms with E-state index >= 15 is 0 Å². The monoisotopic (exact) mass is 604 g/mol. The van der Waals surface area contributed by atoms with Crippen LogP contribution < -0.4 is 0 Å². The van der Waals surface area contributed by atoms with Gasteiger partial charge in [0.2, 0.25) is 0 Å². The third kappa shape index (κ3) is 7.53. The minimum atomic E-state index is -5.55. The van der Waals surface area contributed by atoms with Crippen LogP contribution >= 0.6 is 0 Å². The first-order valence-corrected chi connectivity index (χ1v) is 17.0. The lowest BCUT2D eigenvalue weighted by atomic mass is 9.52. The van der Waals surface area contributed by atoms with E-state index in [9.17, 15) is 36.1 Å². The van der Waals surface area contributed by atoms with Crippen molar-refractivity contribution in [2.45, 2.75) is 121 Å². The molecule has 3 aliphatic rings. The number of benzene rings is 1. The predicted octanol–water partition coefficient (Wildman–Crippen LogP) is 8.89. The molecule has 232 valence electrons. The highest BCUT2D eigenvalue weighted by Crippen LogP contribution is 2.61. The lowest BCUT2D eigenvalue weighted by Gasteiger charge is -2.51. The fraction of sp³-hybridized carbons (Fsp3) is 0.781. The molecule has 0 spiro atoms. The zero-order valence-corrected chi connectivity index (χ0v) is 24.9. The summed E-state index contributed by atoms with van der Waals surface area (Å²) < 4.78 is 74.5. The van der Waals surface area contributed by atoms with E-state index in [1.807, 2.05) is 6.07 Å². The van der Waals surface area contributed by atoms with Gasteiger partial charge < -0.3 is 5.11 Å². The Labute approximate surface area is 243 Å². The van der Waals surface area contributed by atoms with Crippen LogP contribution in [0.5, 0.6) is 5.75 Å². The molecule has 9 heteroatoms. The van der Waals surface area contributed by atoms with Crippen LogP contribution in [0.25, 0.3) is 0 Å². The van der Waals surface area contributed by atoms with E-state index in [1.165, 1.54) is 11.1 Å². The van der Waals surface area contributed by atoms with Crippen LogP contribution in [-0.4, -0.2) is 38.7 Å². The number of Topliss-reactive ketones (excluding diaryl/α,β-unsaturated/α-hetero) is 1. The first-order chi connectivity index (χ1) is 19.3. The van der Waals surface area contributed by atoms with Gasteiger partial charge >= 0.3 is 12.1 Å². The maximum atomic E-state index is 12.9. The minimum Gasteiger partial charge on any atom is -0.508 e. The Hall–Kier alpha value is -1.51. The van der Waals surface area contributed by atoms with Gasteiger partial charge in [0.05, 0.1) is 0 Å². The molecule has 2 saturated carbocycles. The number of ketones is 1. The summed E-state index contributed by atoms with van der Waals surface area (Å²) in [5, 5.41) is 10.1. The highest BCUT2D eigenvalue weighted by molar-refractivity contribution is 7.84. The summed E-state index contributed by atoms with van der Waals surface area (Å²) in [5.41, 5.74) is 2.48. The van der Waals surface area contributed by atoms with Crippen molar-refractivity contribution >= 4 is 16.6 Å². The van der Waals surface area contributed by atoms with Crippen molar-refractivity contribution in [1.82, 2.24) is 0 Å². The van der Waals surface area contributed by atoms with Gasteiger partial charge in [-0.25, -0.2) is 0 Å². The van der Waals surface area contributed by atoms with Gasteiger partial charge in [-0.2, -0.15) is 22.0 Å². The van der Waals surface area contributed by atoms with Crippen molar-refractivity contribution in [1.29, 1.82) is 0 Å². The van der Waals surface area contributed by atoms with E-state index in [4.69, 9.17) is 0 Å². The number of phenolic OH excluding ortho intramolecular Hbond substituents is 1. The number of carbonyl (C=O) groups is 1. The molecular formula is C32H45F5O3S. The Morgan fingerprint density at radius 1 is 0.951 bits per heavy atom. The van der Waals surface area contributed by atoms with E-state index in [2.05, 4.69) is 13.0 Å². The molecule has 0 aromatic heterocycles. The molecule has 1 N–H and O–H groups in total. The maximum Gasteiger partial charge on any atom is 0.453 e. The number of unbranched alkanes of at least 4 members (excludes halogenated alkanes) is 6. The van der Waals surface area contributed by atoms with Crippen LogP contribution in [0.1, 0.15) is 114 Å². The Morgan fingerprint density at radius 2 is 1.61 bits per heavy atom. The third-order valence-corrected chi connectivity index (χ3v) is 11.8. The molecule has 3 nitrogen and oxygen atoms in total. The number of hydrogen-bond acceptors (Lipinski definition) is 3. The van der Waals surface area contributed by atoms with Crippen molar-refractivity contribution < 1.29 is 36.1 Å². The van der Waals surface area contributed by atoms with Crippen molar-refractivity contribution in [3.63, 3.8) is 0 Å². The molecule has 0 radical (unpaired) electrons. The van der Waals surface area contributed by atoms with Crippen LogP contribution in [0.3, 0.4) is 0 Å². The van der Waals surface area contributed by atoms with E-state index in [0.29, 0.717) is 53.8 Å². The molecule has 2 fully saturated rings. The Morgan fingerprint density at radius 3 is 2.32 bits per heavy atom. The SMILES string of the molecule is C[C@]12CCC3c4ccc(O)cc4C[C@@H](CCCCCCCCCS(=O)CCCC(F)(F)C(F)(F)F)C3C1CCC2=O. The summed E-state index contributed by atoms with van der Waals surface area (Å²) in [6.45, 7) is 2.20. The molecule has 1 aromatic carbocycles. The molecule has 6 atom stereocenters. The van der Waals surface area contributed by atoms with Crippen LogP contribution in [0.4, 0.5) is 22.0 Å². The van der Waals surface area contributed by atoms with Crippen molar-refractivity contribution in [2.24, 2.45) is 23.2 Å². The van der Waals surface area contributed by atoms with Crippen molar-refractivity contribution in [3.8, 4) is 5.75 Å². The molecule has 3 aliphatic carbocycles. The third-order valence-electron chi connectivity index (χ3n) is 10.3. The average Bonchev–Trinajstić information content (AvgIpc) is 3.20. The smallest absolute Gasteiger partial charge is 0.453 e. The number of carbonyl (C=O) groups excluding carboxylic acids is 1. The Bertz CT molecular complexity index is 1070. The molecular weight excluding hydrogens is 559 g/mol. The van der Waals surface area contributed by atoms with Gasteiger partial charge in [0.1, 0.15) is 11.5 Å². The number of phenols is 1. The van der Waals surface area contributed by atoms with Gasteiger partial charge in [0.25, 0.3) is 0 Å². The zero-order valence-electron chi connectivity index (χ0n) is 24.1. The van der Waals surface area contributed by atoms with E-state index < -0.39 is 35.7 Å². The summed E-state index contributed by atoms with van der Waals surface area (Å²) in [6, 6.07) is 5.86. The summed E-state index contributed by atoms with van der Waals surface area (Å²) in [7, 11) is -1.36. The molecule has 4 unspecified atom stereocenters. The minimum absolute atomic E-state index is 0.118. The second-order valence-corrected chi connectivity index (χ2v) is 14.7. The maximum absolute atomic E-state index is 12.9. The number of fused-ring (bicyclic) bond motifs is 5. The first-order valence-electron chi connectivity index (χ1n) is 15.5. The molecule has 0 bridgehead atoms. The number of rotatable bonds is 14. The predicted molar refractivity (Wildman–Crippen MR) is 152 cm³/mol. The van der Waals surface area contributed by atoms with Crippen LogP contribution in [0.15, 0.2) is 18.2 Å². The van der Waals surface area contributed by atoms with Crippen molar-refractivity contribution in [2.75, 3.05) is 11.5 Å². The number of alkyl halides is 5. The van der Waals surface area contributed by atoms with Gasteiger partial charge in [-0.3, -0.25) is 9.00 Å². The first kappa shape index (κ1) is 32.4. The lowest BCUT2D eigenvalue weighted by molar-refractivity contribution is -0.284. The number of halogens is 5. The summed E-state index contributed by atoms with van der Waals surface area (Å²) in [4.78, 5) is 12.8. The lowest BCUT2D eigenvalue weighted by Crippen LogP contribution is -2.46. The molecule has 0 aliphatic heterocycles. The summed E-state index contributed by atoms with van der Waals surface area (Å²) in [6.07, 6.45) is 5.56. The molecule has 41 heavy (non-hydrogen) atoms. The van der Waals surface area contributed by atoms with E-state index in [-0.39, 0.29) is 11.2 Å². The summed E-state index contributed by atoms with van der Waals surface area (Å²) >= 11 is 0. The van der Waals surface area contributed by atoms with E-state index in [1.54, 1.807) is 6.07 Å². The van der Waals surface area contributed by atoms with Gasteiger partial charge in [0, 0.05) is 40.6 Å². The van der Waals surface area contributed by atoms with Gasteiger partial charge in [-0.05, 0) is 91.9 Å². The number of aromatic hydroxyl groups is 1. The molecule has 0 saturated heterocycles. The zero-order chi connectivity index (χ0) is 29.8. The normalized spacial score (nSPS) is 28.7. The van der Waals surface area contributed by atoms with E-state index in [0.717, 1.165) is 70.6 Å². The molecule has 4 rings (SSSR count). The molecule has 1 aromatic rings. The fourth-order valence-corrected chi connectivity index (χ4v) is 9.28. The Kier molecular flexibility index (Phi) is 10.6. The largest absolute Gasteiger partial charge is 0.508 e. The second-order valence-electron chi connectivity index (χ2n) is 13.0. The Balaban J connectivity index is 1.15. The van der Waals surface area contributed by atoms with Gasteiger partial charge in [-0.1, -0.05) is 51.5 Å². The number of hydrogen-bond donors (Lipinski definition) is 1. The van der Waals surface area contributed by atoms with Crippen LogP contribution in [-0.2, 0) is 22.0 Å². The topological polar surface area (TPSA) is 54.4 Å². The average molecular weight is 605 g/mol. The fourth-order valence-electron chi connectivity index (χ4n) is 8.08. The molecule has 0 heterocycles. The highest BCUT2D eigenvalue weighted by atomic mass is 32.2. The quantitative estimate of drug-likeness (QED) is 0.170. The van der Waals surface area contributed by atoms with Crippen LogP contribution in [0, 0.1) is 23.2 Å². The molecule has 0 amide bonds. The highest BCUT2D eigenvalue weighted by Gasteiger charge is 2.57. The van der Waals surface area contributed by atoms with Gasteiger partial charge in [-0.15, -0.1) is 0 Å². The van der Waals surface area contributed by atoms with Gasteiger partial charge in [0.15, 0.2) is 0 Å². The standard InChI is InChI=1S/C32H45F5O3S/c1-30-17-15-26-25-12-11-24(38)21-23(25)20-22(29(26)27(30)13-14-28(30)39)10-7-5-3-2-4-6-8-18-41(40)19-9-16-31(33,34)32(35,36)37/h11-12,21-22,26-27,29,38H,2-10,13-20H2,1H3/t22-,26?,27?,29?,30+,41?/m1/s1. The second kappa shape index (κ2) is 13.4. The summed E-state index contributed by atoms with van der Waals surface area (Å²) in [5.74, 6) is -1.74. The van der Waals surface area contributed by atoms with Crippen LogP contribution in [0.2, 0.25) is 0 Å².